The van der Waals surface area contributed by atoms with Crippen molar-refractivity contribution in [2.75, 3.05) is 32.8 Å². The third kappa shape index (κ3) is 5.44. The number of aromatic carboxylic acids is 1. The number of benzene rings is 1. The van der Waals surface area contributed by atoms with Crippen LogP contribution < -0.4 is 4.74 Å². The molecule has 0 spiro atoms. The van der Waals surface area contributed by atoms with Crippen LogP contribution in [0.4, 0.5) is 0 Å². The highest BCUT2D eigenvalue weighted by Gasteiger charge is 2.22. The average molecular weight is 347 g/mol. The van der Waals surface area contributed by atoms with E-state index in [1.807, 2.05) is 0 Å². The van der Waals surface area contributed by atoms with Crippen molar-refractivity contribution in [3.8, 4) is 5.75 Å². The van der Waals surface area contributed by atoms with Crippen molar-refractivity contribution in [1.29, 1.82) is 0 Å². The van der Waals surface area contributed by atoms with Crippen molar-refractivity contribution in [1.82, 2.24) is 4.90 Å². The predicted molar refractivity (Wildman–Crippen MR) is 96.3 cm³/mol. The first-order valence-electron chi connectivity index (χ1n) is 9.51. The summed E-state index contributed by atoms with van der Waals surface area (Å²) in [6.07, 6.45) is 8.00. The summed E-state index contributed by atoms with van der Waals surface area (Å²) in [6, 6.07) is 6.80. The van der Waals surface area contributed by atoms with Crippen LogP contribution in [0, 0.1) is 5.92 Å². The van der Waals surface area contributed by atoms with Gasteiger partial charge in [0.25, 0.3) is 0 Å². The lowest BCUT2D eigenvalue weighted by molar-refractivity contribution is -0.00987. The second kappa shape index (κ2) is 9.20. The van der Waals surface area contributed by atoms with Crippen molar-refractivity contribution in [2.24, 2.45) is 5.92 Å². The number of carboxylic acids is 1. The highest BCUT2D eigenvalue weighted by atomic mass is 16.5. The summed E-state index contributed by atoms with van der Waals surface area (Å²) < 4.78 is 11.8. The number of carbonyl (C=O) groups is 1. The summed E-state index contributed by atoms with van der Waals surface area (Å²) in [7, 11) is 0. The molecule has 1 N–H and O–H groups in total. The van der Waals surface area contributed by atoms with Gasteiger partial charge in [0, 0.05) is 26.2 Å². The summed E-state index contributed by atoms with van der Waals surface area (Å²) >= 11 is 0. The molecule has 3 rings (SSSR count). The van der Waals surface area contributed by atoms with Crippen LogP contribution in [0.5, 0.6) is 5.75 Å². The van der Waals surface area contributed by atoms with Gasteiger partial charge in [0.1, 0.15) is 17.9 Å². The van der Waals surface area contributed by atoms with E-state index in [4.69, 9.17) is 14.6 Å². The van der Waals surface area contributed by atoms with Gasteiger partial charge in [0.15, 0.2) is 0 Å². The maximum Gasteiger partial charge on any atom is 0.339 e. The largest absolute Gasteiger partial charge is 0.491 e. The van der Waals surface area contributed by atoms with E-state index in [0.29, 0.717) is 18.5 Å². The molecule has 1 heterocycles. The number of rotatable bonds is 8. The van der Waals surface area contributed by atoms with Crippen LogP contribution >= 0.6 is 0 Å². The van der Waals surface area contributed by atoms with Crippen LogP contribution in [0.15, 0.2) is 24.3 Å². The lowest BCUT2D eigenvalue weighted by atomic mass is 10.1. The molecule has 5 nitrogen and oxygen atoms in total. The molecule has 0 amide bonds. The zero-order chi connectivity index (χ0) is 17.5. The van der Waals surface area contributed by atoms with Gasteiger partial charge in [-0.25, -0.2) is 4.79 Å². The molecule has 0 aromatic heterocycles. The fourth-order valence-corrected chi connectivity index (χ4v) is 3.80. The van der Waals surface area contributed by atoms with Gasteiger partial charge in [0.05, 0.1) is 6.10 Å². The minimum absolute atomic E-state index is 0.224. The van der Waals surface area contributed by atoms with E-state index in [-0.39, 0.29) is 5.56 Å². The molecule has 0 bridgehead atoms. The second-order valence-corrected chi connectivity index (χ2v) is 7.17. The third-order valence-corrected chi connectivity index (χ3v) is 5.36. The summed E-state index contributed by atoms with van der Waals surface area (Å²) in [5.74, 6) is 0.293. The van der Waals surface area contributed by atoms with Crippen molar-refractivity contribution in [2.45, 2.75) is 44.6 Å². The Balaban J connectivity index is 1.33. The zero-order valence-electron chi connectivity index (χ0n) is 14.9. The van der Waals surface area contributed by atoms with Gasteiger partial charge in [-0.2, -0.15) is 0 Å². The van der Waals surface area contributed by atoms with Crippen molar-refractivity contribution in [3.05, 3.63) is 29.8 Å². The van der Waals surface area contributed by atoms with Crippen LogP contribution in [-0.2, 0) is 4.74 Å². The Bertz CT molecular complexity index is 548. The number of nitrogens with zero attached hydrogens (tertiary/aromatic N) is 1. The maximum absolute atomic E-state index is 11.2. The fourth-order valence-electron chi connectivity index (χ4n) is 3.80. The molecule has 1 aromatic carbocycles. The molecule has 1 saturated carbocycles. The molecule has 25 heavy (non-hydrogen) atoms. The normalized spacial score (nSPS) is 20.0. The molecule has 5 heteroatoms. The number of ether oxygens (including phenoxy) is 2. The lowest BCUT2D eigenvalue weighted by Gasteiger charge is -2.32. The molecule has 0 radical (unpaired) electrons. The first-order valence-corrected chi connectivity index (χ1v) is 9.51. The Labute approximate surface area is 149 Å². The first kappa shape index (κ1) is 18.2. The molecule has 1 aromatic rings. The minimum atomic E-state index is -0.948. The van der Waals surface area contributed by atoms with Crippen molar-refractivity contribution >= 4 is 5.97 Å². The molecule has 138 valence electrons. The van der Waals surface area contributed by atoms with E-state index < -0.39 is 5.97 Å². The van der Waals surface area contributed by atoms with Gasteiger partial charge < -0.3 is 14.6 Å². The molecule has 1 saturated heterocycles. The molecular formula is C20H29NO4. The third-order valence-electron chi connectivity index (χ3n) is 5.36. The molecule has 1 aliphatic heterocycles. The van der Waals surface area contributed by atoms with Gasteiger partial charge in [-0.05, 0) is 43.7 Å². The Morgan fingerprint density at radius 2 is 1.84 bits per heavy atom. The van der Waals surface area contributed by atoms with Gasteiger partial charge >= 0.3 is 5.97 Å². The monoisotopic (exact) mass is 347 g/mol. The van der Waals surface area contributed by atoms with Crippen molar-refractivity contribution in [3.63, 3.8) is 0 Å². The average Bonchev–Trinajstić information content (AvgIpc) is 3.15. The second-order valence-electron chi connectivity index (χ2n) is 7.17. The van der Waals surface area contributed by atoms with Crippen LogP contribution in [0.25, 0.3) is 0 Å². The zero-order valence-corrected chi connectivity index (χ0v) is 14.9. The summed E-state index contributed by atoms with van der Waals surface area (Å²) in [6.45, 7) is 4.33. The summed E-state index contributed by atoms with van der Waals surface area (Å²) in [5.41, 5.74) is 0.224. The molecule has 0 atom stereocenters. The first-order chi connectivity index (χ1) is 12.2. The fraction of sp³-hybridized carbons (Fsp3) is 0.650. The van der Waals surface area contributed by atoms with E-state index in [9.17, 15) is 4.79 Å². The van der Waals surface area contributed by atoms with E-state index in [2.05, 4.69) is 4.90 Å². The Kier molecular flexibility index (Phi) is 6.70. The van der Waals surface area contributed by atoms with Gasteiger partial charge in [-0.15, -0.1) is 0 Å². The minimum Gasteiger partial charge on any atom is -0.491 e. The number of piperidine rings is 1. The maximum atomic E-state index is 11.2. The van der Waals surface area contributed by atoms with Gasteiger partial charge in [0.2, 0.25) is 0 Å². The van der Waals surface area contributed by atoms with E-state index in [0.717, 1.165) is 45.0 Å². The van der Waals surface area contributed by atoms with Crippen LogP contribution in [-0.4, -0.2) is 54.9 Å². The lowest BCUT2D eigenvalue weighted by Crippen LogP contribution is -2.39. The van der Waals surface area contributed by atoms with Crippen LogP contribution in [0.3, 0.4) is 0 Å². The number of hydrogen-bond acceptors (Lipinski definition) is 4. The molecular weight excluding hydrogens is 318 g/mol. The van der Waals surface area contributed by atoms with E-state index >= 15 is 0 Å². The predicted octanol–water partition coefficient (Wildman–Crippen LogP) is 3.43. The van der Waals surface area contributed by atoms with Crippen LogP contribution in [0.2, 0.25) is 0 Å². The van der Waals surface area contributed by atoms with E-state index in [1.54, 1.807) is 24.3 Å². The number of likely N-dealkylation sites (tertiary alicyclic amines) is 1. The molecule has 0 unspecified atom stereocenters. The number of para-hydroxylation sites is 1. The quantitative estimate of drug-likeness (QED) is 0.781. The Morgan fingerprint density at radius 1 is 1.12 bits per heavy atom. The highest BCUT2D eigenvalue weighted by molar-refractivity contribution is 5.90. The highest BCUT2D eigenvalue weighted by Crippen LogP contribution is 2.26. The van der Waals surface area contributed by atoms with Gasteiger partial charge in [-0.1, -0.05) is 25.0 Å². The van der Waals surface area contributed by atoms with Crippen LogP contribution in [0.1, 0.15) is 48.9 Å². The van der Waals surface area contributed by atoms with E-state index in [1.165, 1.54) is 25.7 Å². The molecule has 2 fully saturated rings. The number of hydrogen-bond donors (Lipinski definition) is 1. The molecule has 1 aliphatic carbocycles. The topological polar surface area (TPSA) is 59.0 Å². The molecule has 2 aliphatic rings. The standard InChI is InChI=1S/C20H29NO4/c22-20(23)18-7-3-4-8-19(18)24-14-13-21-11-9-17(10-12-21)25-15-16-5-1-2-6-16/h3-4,7-8,16-17H,1-2,5-6,9-15H2,(H,22,23). The Hall–Kier alpha value is -1.59. The smallest absolute Gasteiger partial charge is 0.339 e. The summed E-state index contributed by atoms with van der Waals surface area (Å²) in [5, 5.41) is 9.17. The van der Waals surface area contributed by atoms with Crippen molar-refractivity contribution < 1.29 is 19.4 Å². The SMILES string of the molecule is O=C(O)c1ccccc1OCCN1CCC(OCC2CCCC2)CC1. The van der Waals surface area contributed by atoms with Gasteiger partial charge in [-0.3, -0.25) is 4.90 Å². The number of carboxylic acid groups (broad SMARTS) is 1. The summed E-state index contributed by atoms with van der Waals surface area (Å²) in [4.78, 5) is 13.5. The Morgan fingerprint density at radius 3 is 2.56 bits per heavy atom.